The van der Waals surface area contributed by atoms with Gasteiger partial charge in [0.1, 0.15) is 0 Å². The van der Waals surface area contributed by atoms with Gasteiger partial charge < -0.3 is 5.32 Å². The molecule has 0 aromatic carbocycles. The third kappa shape index (κ3) is 3.59. The van der Waals surface area contributed by atoms with Gasteiger partial charge in [0.2, 0.25) is 0 Å². The van der Waals surface area contributed by atoms with E-state index in [1.54, 1.807) is 5.57 Å². The lowest BCUT2D eigenvalue weighted by Crippen LogP contribution is -2.16. The van der Waals surface area contributed by atoms with Crippen LogP contribution < -0.4 is 5.32 Å². The van der Waals surface area contributed by atoms with Crippen LogP contribution in [0, 0.1) is 12.3 Å². The minimum Gasteiger partial charge on any atom is -0.306 e. The Balaban J connectivity index is 2.06. The standard InChI is InChI=1S/C11H17N/c1-2-9-12-10-8-11-6-4-3-5-7-11/h1,6,12H,3-5,7-10H2. The highest BCUT2D eigenvalue weighted by Gasteiger charge is 2.01. The molecule has 0 fully saturated rings. The number of allylic oxidation sites excluding steroid dienone is 1. The highest BCUT2D eigenvalue weighted by Crippen LogP contribution is 2.19. The molecule has 66 valence electrons. The predicted molar refractivity (Wildman–Crippen MR) is 52.9 cm³/mol. The Morgan fingerprint density at radius 1 is 1.50 bits per heavy atom. The molecule has 1 nitrogen and oxygen atoms in total. The first-order valence-electron chi connectivity index (χ1n) is 4.75. The average molecular weight is 163 g/mol. The van der Waals surface area contributed by atoms with Gasteiger partial charge in [-0.1, -0.05) is 17.6 Å². The van der Waals surface area contributed by atoms with Crippen LogP contribution in [-0.4, -0.2) is 13.1 Å². The molecular weight excluding hydrogens is 146 g/mol. The highest BCUT2D eigenvalue weighted by atomic mass is 14.8. The fourth-order valence-electron chi connectivity index (χ4n) is 1.54. The van der Waals surface area contributed by atoms with E-state index in [2.05, 4.69) is 17.3 Å². The first kappa shape index (κ1) is 9.35. The predicted octanol–water partition coefficient (Wildman–Crippen LogP) is 2.10. The third-order valence-electron chi connectivity index (χ3n) is 2.23. The van der Waals surface area contributed by atoms with Crippen LogP contribution >= 0.6 is 0 Å². The molecule has 1 aliphatic carbocycles. The lowest BCUT2D eigenvalue weighted by Gasteiger charge is -2.12. The molecule has 0 saturated heterocycles. The Morgan fingerprint density at radius 3 is 3.08 bits per heavy atom. The minimum absolute atomic E-state index is 0.702. The van der Waals surface area contributed by atoms with Crippen molar-refractivity contribution in [3.8, 4) is 12.3 Å². The van der Waals surface area contributed by atoms with Crippen LogP contribution in [0.1, 0.15) is 32.1 Å². The van der Waals surface area contributed by atoms with Gasteiger partial charge in [-0.2, -0.15) is 0 Å². The summed E-state index contributed by atoms with van der Waals surface area (Å²) in [6.07, 6.45) is 14.0. The summed E-state index contributed by atoms with van der Waals surface area (Å²) in [6.45, 7) is 1.74. The third-order valence-corrected chi connectivity index (χ3v) is 2.23. The second-order valence-corrected chi connectivity index (χ2v) is 3.24. The molecule has 0 saturated carbocycles. The lowest BCUT2D eigenvalue weighted by atomic mass is 9.97. The minimum atomic E-state index is 0.702. The summed E-state index contributed by atoms with van der Waals surface area (Å²) >= 11 is 0. The van der Waals surface area contributed by atoms with Gasteiger partial charge in [-0.25, -0.2) is 0 Å². The molecule has 0 radical (unpaired) electrons. The van der Waals surface area contributed by atoms with Gasteiger partial charge in [0, 0.05) is 0 Å². The van der Waals surface area contributed by atoms with Gasteiger partial charge in [0.25, 0.3) is 0 Å². The topological polar surface area (TPSA) is 12.0 Å². The van der Waals surface area contributed by atoms with E-state index in [1.807, 2.05) is 0 Å². The van der Waals surface area contributed by atoms with Gasteiger partial charge in [-0.3, -0.25) is 0 Å². The van der Waals surface area contributed by atoms with Crippen LogP contribution in [0.3, 0.4) is 0 Å². The van der Waals surface area contributed by atoms with Crippen LogP contribution in [0.25, 0.3) is 0 Å². The molecular formula is C11H17N. The van der Waals surface area contributed by atoms with Gasteiger partial charge >= 0.3 is 0 Å². The van der Waals surface area contributed by atoms with E-state index in [9.17, 15) is 0 Å². The van der Waals surface area contributed by atoms with Gasteiger partial charge in [0.05, 0.1) is 6.54 Å². The molecule has 12 heavy (non-hydrogen) atoms. The van der Waals surface area contributed by atoms with E-state index in [-0.39, 0.29) is 0 Å². The van der Waals surface area contributed by atoms with Crippen molar-refractivity contribution in [3.63, 3.8) is 0 Å². The first-order chi connectivity index (χ1) is 5.93. The molecule has 1 heteroatoms. The van der Waals surface area contributed by atoms with Gasteiger partial charge in [0.15, 0.2) is 0 Å². The molecule has 0 heterocycles. The molecule has 1 aliphatic rings. The molecule has 0 spiro atoms. The van der Waals surface area contributed by atoms with Crippen LogP contribution in [0.4, 0.5) is 0 Å². The normalized spacial score (nSPS) is 16.8. The van der Waals surface area contributed by atoms with E-state index in [0.29, 0.717) is 6.54 Å². The summed E-state index contributed by atoms with van der Waals surface area (Å²) in [7, 11) is 0. The fraction of sp³-hybridized carbons (Fsp3) is 0.636. The zero-order chi connectivity index (χ0) is 8.65. The summed E-state index contributed by atoms with van der Waals surface area (Å²) in [5.74, 6) is 2.57. The molecule has 0 unspecified atom stereocenters. The summed E-state index contributed by atoms with van der Waals surface area (Å²) in [6, 6.07) is 0. The zero-order valence-electron chi connectivity index (χ0n) is 7.60. The van der Waals surface area contributed by atoms with E-state index >= 15 is 0 Å². The Kier molecular flexibility index (Phi) is 4.56. The van der Waals surface area contributed by atoms with Crippen LogP contribution in [0.2, 0.25) is 0 Å². The quantitative estimate of drug-likeness (QED) is 0.380. The van der Waals surface area contributed by atoms with Gasteiger partial charge in [-0.15, -0.1) is 6.42 Å². The van der Waals surface area contributed by atoms with Crippen molar-refractivity contribution in [1.82, 2.24) is 5.32 Å². The van der Waals surface area contributed by atoms with Crippen molar-refractivity contribution in [2.75, 3.05) is 13.1 Å². The van der Waals surface area contributed by atoms with Crippen molar-refractivity contribution in [3.05, 3.63) is 11.6 Å². The van der Waals surface area contributed by atoms with Gasteiger partial charge in [-0.05, 0) is 38.6 Å². The largest absolute Gasteiger partial charge is 0.306 e. The number of hydrogen-bond acceptors (Lipinski definition) is 1. The molecule has 1 rings (SSSR count). The monoisotopic (exact) mass is 163 g/mol. The maximum Gasteiger partial charge on any atom is 0.0573 e. The Hall–Kier alpha value is -0.740. The number of terminal acetylenes is 1. The van der Waals surface area contributed by atoms with Crippen molar-refractivity contribution < 1.29 is 0 Å². The molecule has 0 amide bonds. The maximum atomic E-state index is 5.12. The van der Waals surface area contributed by atoms with Crippen LogP contribution in [0.5, 0.6) is 0 Å². The molecule has 0 aromatic heterocycles. The van der Waals surface area contributed by atoms with E-state index in [0.717, 1.165) is 6.54 Å². The van der Waals surface area contributed by atoms with E-state index in [1.165, 1.54) is 32.1 Å². The molecule has 0 atom stereocenters. The van der Waals surface area contributed by atoms with Crippen molar-refractivity contribution >= 4 is 0 Å². The lowest BCUT2D eigenvalue weighted by molar-refractivity contribution is 0.652. The second-order valence-electron chi connectivity index (χ2n) is 3.24. The van der Waals surface area contributed by atoms with Crippen LogP contribution in [0.15, 0.2) is 11.6 Å². The molecule has 1 N–H and O–H groups in total. The number of nitrogens with one attached hydrogen (secondary N) is 1. The molecule has 0 aromatic rings. The average Bonchev–Trinajstić information content (AvgIpc) is 2.14. The Bertz CT molecular complexity index is 186. The summed E-state index contributed by atoms with van der Waals surface area (Å²) in [5.41, 5.74) is 1.62. The Morgan fingerprint density at radius 2 is 2.42 bits per heavy atom. The highest BCUT2D eigenvalue weighted by molar-refractivity contribution is 5.05. The SMILES string of the molecule is C#CCNCCC1=CCCCC1. The fourth-order valence-corrected chi connectivity index (χ4v) is 1.54. The smallest absolute Gasteiger partial charge is 0.0573 e. The van der Waals surface area contributed by atoms with E-state index < -0.39 is 0 Å². The first-order valence-corrected chi connectivity index (χ1v) is 4.75. The number of hydrogen-bond donors (Lipinski definition) is 1. The summed E-state index contributed by atoms with van der Waals surface area (Å²) < 4.78 is 0. The zero-order valence-corrected chi connectivity index (χ0v) is 7.60. The molecule has 0 bridgehead atoms. The summed E-state index contributed by atoms with van der Waals surface area (Å²) in [5, 5.41) is 3.21. The van der Waals surface area contributed by atoms with E-state index in [4.69, 9.17) is 6.42 Å². The maximum absolute atomic E-state index is 5.12. The van der Waals surface area contributed by atoms with Crippen molar-refractivity contribution in [2.24, 2.45) is 0 Å². The van der Waals surface area contributed by atoms with Crippen molar-refractivity contribution in [1.29, 1.82) is 0 Å². The Labute approximate surface area is 75.2 Å². The summed E-state index contributed by atoms with van der Waals surface area (Å²) in [4.78, 5) is 0. The van der Waals surface area contributed by atoms with Crippen LogP contribution in [-0.2, 0) is 0 Å². The van der Waals surface area contributed by atoms with Crippen molar-refractivity contribution in [2.45, 2.75) is 32.1 Å². The molecule has 0 aliphatic heterocycles. The number of rotatable bonds is 4. The second kappa shape index (κ2) is 5.85.